The van der Waals surface area contributed by atoms with Crippen molar-refractivity contribution < 1.29 is 4.39 Å². The van der Waals surface area contributed by atoms with Gasteiger partial charge in [-0.1, -0.05) is 74.7 Å². The zero-order valence-electron chi connectivity index (χ0n) is 15.8. The molecule has 0 amide bonds. The van der Waals surface area contributed by atoms with Gasteiger partial charge in [-0.2, -0.15) is 0 Å². The summed E-state index contributed by atoms with van der Waals surface area (Å²) in [6.07, 6.45) is 5.44. The smallest absolute Gasteiger partial charge is 0.126 e. The average Bonchev–Trinajstić information content (AvgIpc) is 2.63. The molecule has 2 aromatic rings. The van der Waals surface area contributed by atoms with Gasteiger partial charge in [0.15, 0.2) is 0 Å². The molecule has 133 valence electrons. The lowest BCUT2D eigenvalue weighted by Gasteiger charge is -2.29. The molecule has 1 aliphatic heterocycles. The fourth-order valence-electron chi connectivity index (χ4n) is 3.97. The third-order valence-corrected chi connectivity index (χ3v) is 9.35. The minimum atomic E-state index is -0.130. The topological polar surface area (TPSA) is 0 Å². The molecule has 0 aromatic heterocycles. The zero-order valence-corrected chi connectivity index (χ0v) is 16.8. The molecule has 0 atom stereocenters. The minimum absolute atomic E-state index is 0.0487. The van der Waals surface area contributed by atoms with E-state index in [1.807, 2.05) is 19.1 Å². The molecule has 0 saturated carbocycles. The Labute approximate surface area is 154 Å². The van der Waals surface area contributed by atoms with Gasteiger partial charge < -0.3 is 0 Å². The Morgan fingerprint density at radius 2 is 1.64 bits per heavy atom. The highest BCUT2D eigenvalue weighted by atomic mass is 28.3. The molecule has 1 aliphatic rings. The number of aryl methyl sites for hydroxylation is 2. The van der Waals surface area contributed by atoms with Gasteiger partial charge in [-0.25, -0.2) is 4.39 Å². The summed E-state index contributed by atoms with van der Waals surface area (Å²) in [4.78, 5) is 0. The lowest BCUT2D eigenvalue weighted by Crippen LogP contribution is -2.24. The largest absolute Gasteiger partial charge is 0.207 e. The van der Waals surface area contributed by atoms with Crippen LogP contribution in [0.3, 0.4) is 0 Å². The van der Waals surface area contributed by atoms with E-state index in [0.29, 0.717) is 5.56 Å². The van der Waals surface area contributed by atoms with Crippen LogP contribution in [0.2, 0.25) is 17.6 Å². The van der Waals surface area contributed by atoms with Gasteiger partial charge in [0.05, 0.1) is 8.80 Å². The van der Waals surface area contributed by atoms with Gasteiger partial charge in [0.25, 0.3) is 0 Å². The number of hydrogen-bond acceptors (Lipinski definition) is 0. The predicted molar refractivity (Wildman–Crippen MR) is 108 cm³/mol. The molecule has 1 radical (unpaired) electrons. The van der Waals surface area contributed by atoms with Crippen LogP contribution in [-0.2, 0) is 6.42 Å². The third kappa shape index (κ3) is 4.82. The highest BCUT2D eigenvalue weighted by Gasteiger charge is 2.24. The Bertz CT molecular complexity index is 682. The second-order valence-corrected chi connectivity index (χ2v) is 11.4. The molecule has 2 aromatic carbocycles. The first-order valence-corrected chi connectivity index (χ1v) is 11.7. The van der Waals surface area contributed by atoms with Crippen LogP contribution in [0, 0.1) is 18.7 Å². The molecular weight excluding hydrogens is 323 g/mol. The van der Waals surface area contributed by atoms with Crippen molar-refractivity contribution in [3.8, 4) is 11.1 Å². The first-order valence-electron chi connectivity index (χ1n) is 9.73. The minimum Gasteiger partial charge on any atom is -0.207 e. The van der Waals surface area contributed by atoms with E-state index in [-0.39, 0.29) is 14.6 Å². The molecule has 1 fully saturated rings. The average molecular weight is 354 g/mol. The molecule has 0 spiro atoms. The summed E-state index contributed by atoms with van der Waals surface area (Å²) in [5, 5.41) is 0. The summed E-state index contributed by atoms with van der Waals surface area (Å²) in [6, 6.07) is 17.3. The number of hydrogen-bond donors (Lipinski definition) is 0. The van der Waals surface area contributed by atoms with Gasteiger partial charge >= 0.3 is 0 Å². The van der Waals surface area contributed by atoms with Crippen molar-refractivity contribution in [2.75, 3.05) is 0 Å². The van der Waals surface area contributed by atoms with Crippen molar-refractivity contribution in [2.24, 2.45) is 5.92 Å². The molecule has 0 nitrogen and oxygen atoms in total. The summed E-state index contributed by atoms with van der Waals surface area (Å²) in [7, 11) is -0.0487. The van der Waals surface area contributed by atoms with E-state index >= 15 is 0 Å². The van der Waals surface area contributed by atoms with Crippen LogP contribution in [-0.4, -0.2) is 8.80 Å². The molecular formula is C23H30FSi. The fraction of sp³-hybridized carbons (Fsp3) is 0.478. The van der Waals surface area contributed by atoms with Crippen molar-refractivity contribution in [1.82, 2.24) is 0 Å². The first-order chi connectivity index (χ1) is 12.0. The lowest BCUT2D eigenvalue weighted by molar-refractivity contribution is 0.436. The normalized spacial score (nSPS) is 16.5. The van der Waals surface area contributed by atoms with Crippen LogP contribution >= 0.6 is 0 Å². The van der Waals surface area contributed by atoms with Crippen LogP contribution in [0.4, 0.5) is 4.39 Å². The van der Waals surface area contributed by atoms with Crippen LogP contribution in [0.25, 0.3) is 11.1 Å². The third-order valence-electron chi connectivity index (χ3n) is 5.85. The van der Waals surface area contributed by atoms with E-state index in [1.54, 1.807) is 6.07 Å². The van der Waals surface area contributed by atoms with E-state index in [4.69, 9.17) is 0 Å². The van der Waals surface area contributed by atoms with Crippen LogP contribution in [0.5, 0.6) is 0 Å². The predicted octanol–water partition coefficient (Wildman–Crippen LogP) is 7.05. The van der Waals surface area contributed by atoms with Gasteiger partial charge in [-0.05, 0) is 60.1 Å². The Hall–Kier alpha value is -1.41. The summed E-state index contributed by atoms with van der Waals surface area (Å²) in [5.41, 5.74) is 5.37. The highest BCUT2D eigenvalue weighted by Crippen LogP contribution is 2.33. The number of halogens is 1. The van der Waals surface area contributed by atoms with Gasteiger partial charge in [0, 0.05) is 0 Å². The molecule has 3 rings (SSSR count). The Kier molecular flexibility index (Phi) is 6.11. The molecule has 0 unspecified atom stereocenters. The summed E-state index contributed by atoms with van der Waals surface area (Å²) >= 11 is 0. The van der Waals surface area contributed by atoms with E-state index in [0.717, 1.165) is 17.0 Å². The summed E-state index contributed by atoms with van der Waals surface area (Å²) < 4.78 is 13.4. The maximum Gasteiger partial charge on any atom is 0.126 e. The molecule has 1 saturated heterocycles. The van der Waals surface area contributed by atoms with Gasteiger partial charge in [0.2, 0.25) is 0 Å². The standard InChI is InChI=1S/C23H30FSi/c1-17(2)25-14-12-20(13-15-25)5-4-19-6-8-21(9-7-19)22-10-11-23(24)18(3)16-22/h6-11,16-17,20H,4-5,12-15H2,1-3H3. The van der Waals surface area contributed by atoms with E-state index < -0.39 is 0 Å². The van der Waals surface area contributed by atoms with Crippen LogP contribution < -0.4 is 0 Å². The molecule has 0 bridgehead atoms. The molecule has 1 heterocycles. The van der Waals surface area contributed by atoms with Crippen LogP contribution in [0.15, 0.2) is 42.5 Å². The second kappa shape index (κ2) is 8.31. The Balaban J connectivity index is 1.54. The SMILES string of the molecule is Cc1cc(-c2ccc(CCC3CC[Si](C(C)C)CC3)cc2)ccc1F. The molecule has 0 N–H and O–H groups in total. The maximum absolute atomic E-state index is 13.4. The molecule has 0 aliphatic carbocycles. The lowest BCUT2D eigenvalue weighted by atomic mass is 9.93. The van der Waals surface area contributed by atoms with Crippen molar-refractivity contribution in [3.05, 3.63) is 59.4 Å². The molecule has 2 heteroatoms. The van der Waals surface area contributed by atoms with E-state index in [2.05, 4.69) is 38.1 Å². The Morgan fingerprint density at radius 3 is 2.24 bits per heavy atom. The summed E-state index contributed by atoms with van der Waals surface area (Å²) in [5.74, 6) is 0.807. The molecule has 25 heavy (non-hydrogen) atoms. The van der Waals surface area contributed by atoms with E-state index in [1.165, 1.54) is 48.9 Å². The van der Waals surface area contributed by atoms with Crippen molar-refractivity contribution in [3.63, 3.8) is 0 Å². The summed E-state index contributed by atoms with van der Waals surface area (Å²) in [6.45, 7) is 6.65. The zero-order chi connectivity index (χ0) is 17.8. The fourth-order valence-corrected chi connectivity index (χ4v) is 6.94. The van der Waals surface area contributed by atoms with Crippen molar-refractivity contribution in [1.29, 1.82) is 0 Å². The van der Waals surface area contributed by atoms with Crippen LogP contribution in [0.1, 0.15) is 44.2 Å². The van der Waals surface area contributed by atoms with Crippen molar-refractivity contribution >= 4 is 8.80 Å². The Morgan fingerprint density at radius 1 is 1.00 bits per heavy atom. The highest BCUT2D eigenvalue weighted by molar-refractivity contribution is 6.60. The van der Waals surface area contributed by atoms with Crippen molar-refractivity contribution in [2.45, 2.75) is 64.1 Å². The quantitative estimate of drug-likeness (QED) is 0.505. The monoisotopic (exact) mass is 353 g/mol. The van der Waals surface area contributed by atoms with Gasteiger partial charge in [-0.15, -0.1) is 0 Å². The first kappa shape index (κ1) is 18.4. The second-order valence-electron chi connectivity index (χ2n) is 7.96. The number of benzene rings is 2. The maximum atomic E-state index is 13.4. The number of rotatable bonds is 5. The van der Waals surface area contributed by atoms with E-state index in [9.17, 15) is 4.39 Å². The van der Waals surface area contributed by atoms with Gasteiger partial charge in [-0.3, -0.25) is 0 Å². The van der Waals surface area contributed by atoms with Gasteiger partial charge in [0.1, 0.15) is 5.82 Å².